The average Bonchev–Trinajstić information content (AvgIpc) is 3.16. The first-order valence-electron chi connectivity index (χ1n) is 12.4. The number of methoxy groups -OCH3 is 1. The SMILES string of the molecule is COc1c([C@H]2[C@H](C(=O)Nc3ccnc(C(=O)N4CC5CC(C4)N5)c3)O[C@@](C)(C(F)(F)F)[C@H]2C)ccc(F)c1F. The minimum absolute atomic E-state index is 0.0637. The minimum Gasteiger partial charge on any atom is -0.493 e. The summed E-state index contributed by atoms with van der Waals surface area (Å²) in [7, 11) is 1.05. The lowest BCUT2D eigenvalue weighted by Crippen LogP contribution is -2.67. The molecule has 13 heteroatoms. The van der Waals surface area contributed by atoms with Gasteiger partial charge in [-0.1, -0.05) is 13.0 Å². The Labute approximate surface area is 220 Å². The molecule has 2 amide bonds. The van der Waals surface area contributed by atoms with Gasteiger partial charge in [-0.05, 0) is 31.5 Å². The van der Waals surface area contributed by atoms with Crippen LogP contribution in [0.15, 0.2) is 30.5 Å². The number of hydrogen-bond donors (Lipinski definition) is 2. The van der Waals surface area contributed by atoms with Gasteiger partial charge in [-0.15, -0.1) is 0 Å². The highest BCUT2D eigenvalue weighted by Crippen LogP contribution is 2.55. The number of hydrogen-bond acceptors (Lipinski definition) is 6. The van der Waals surface area contributed by atoms with Crippen molar-refractivity contribution in [2.45, 2.75) is 56.2 Å². The molecule has 39 heavy (non-hydrogen) atoms. The first kappa shape index (κ1) is 27.3. The fraction of sp³-hybridized carbons (Fsp3) is 0.500. The number of piperidine rings is 1. The summed E-state index contributed by atoms with van der Waals surface area (Å²) >= 11 is 0. The second-order valence-electron chi connectivity index (χ2n) is 10.4. The van der Waals surface area contributed by atoms with E-state index < -0.39 is 53.0 Å². The topological polar surface area (TPSA) is 92.8 Å². The minimum atomic E-state index is -4.88. The maximum atomic E-state index is 14.5. The van der Waals surface area contributed by atoms with Gasteiger partial charge in [-0.3, -0.25) is 14.6 Å². The third-order valence-corrected chi connectivity index (χ3v) is 8.03. The van der Waals surface area contributed by atoms with Gasteiger partial charge in [-0.2, -0.15) is 17.6 Å². The molecule has 0 spiro atoms. The van der Waals surface area contributed by atoms with E-state index in [4.69, 9.17) is 9.47 Å². The second-order valence-corrected chi connectivity index (χ2v) is 10.4. The Bertz CT molecular complexity index is 1290. The van der Waals surface area contributed by atoms with Crippen LogP contribution < -0.4 is 15.4 Å². The molecule has 0 aliphatic carbocycles. The number of nitrogens with one attached hydrogen (secondary N) is 2. The molecular weight excluding hydrogens is 527 g/mol. The van der Waals surface area contributed by atoms with E-state index >= 15 is 0 Å². The lowest BCUT2D eigenvalue weighted by molar-refractivity contribution is -0.272. The molecule has 8 nitrogen and oxygen atoms in total. The third kappa shape index (κ3) is 4.61. The highest BCUT2D eigenvalue weighted by Gasteiger charge is 2.66. The Kier molecular flexibility index (Phi) is 6.78. The molecular formula is C26H27F5N4O4. The van der Waals surface area contributed by atoms with Gasteiger partial charge in [0.25, 0.3) is 11.8 Å². The van der Waals surface area contributed by atoms with Crippen LogP contribution in [0.25, 0.3) is 0 Å². The van der Waals surface area contributed by atoms with Crippen molar-refractivity contribution in [3.05, 3.63) is 53.4 Å². The zero-order valence-corrected chi connectivity index (χ0v) is 21.3. The van der Waals surface area contributed by atoms with Gasteiger partial charge >= 0.3 is 6.18 Å². The third-order valence-electron chi connectivity index (χ3n) is 8.03. The number of fused-ring (bicyclic) bond motifs is 2. The van der Waals surface area contributed by atoms with Crippen LogP contribution in [-0.2, 0) is 9.53 Å². The molecule has 2 aromatic rings. The molecule has 4 fully saturated rings. The summed E-state index contributed by atoms with van der Waals surface area (Å²) in [5, 5.41) is 5.83. The Hall–Kier alpha value is -3.32. The molecule has 6 atom stereocenters. The van der Waals surface area contributed by atoms with Crippen LogP contribution in [0.1, 0.15) is 42.2 Å². The summed E-state index contributed by atoms with van der Waals surface area (Å²) < 4.78 is 81.2. The van der Waals surface area contributed by atoms with Gasteiger partial charge in [0.2, 0.25) is 5.82 Å². The molecule has 210 valence electrons. The average molecular weight is 555 g/mol. The Morgan fingerprint density at radius 2 is 1.87 bits per heavy atom. The van der Waals surface area contributed by atoms with Crippen molar-refractivity contribution in [1.82, 2.24) is 15.2 Å². The van der Waals surface area contributed by atoms with Crippen molar-refractivity contribution in [2.24, 2.45) is 5.92 Å². The maximum Gasteiger partial charge on any atom is 0.417 e. The molecule has 4 aliphatic heterocycles. The number of anilines is 1. The van der Waals surface area contributed by atoms with Crippen molar-refractivity contribution < 1.29 is 41.0 Å². The van der Waals surface area contributed by atoms with Crippen LogP contribution in [0, 0.1) is 17.6 Å². The quantitative estimate of drug-likeness (QED) is 0.549. The van der Waals surface area contributed by atoms with Gasteiger partial charge in [0.05, 0.1) is 7.11 Å². The number of ether oxygens (including phenoxy) is 2. The fourth-order valence-electron chi connectivity index (χ4n) is 5.72. The number of nitrogens with zero attached hydrogens (tertiary/aromatic N) is 2. The van der Waals surface area contributed by atoms with Crippen LogP contribution in [0.2, 0.25) is 0 Å². The molecule has 1 aromatic carbocycles. The molecule has 5 heterocycles. The number of benzene rings is 1. The molecule has 6 rings (SSSR count). The fourth-order valence-corrected chi connectivity index (χ4v) is 5.72. The van der Waals surface area contributed by atoms with E-state index in [1.807, 2.05) is 0 Å². The van der Waals surface area contributed by atoms with E-state index in [-0.39, 0.29) is 34.9 Å². The van der Waals surface area contributed by atoms with Crippen molar-refractivity contribution in [3.63, 3.8) is 0 Å². The molecule has 0 saturated carbocycles. The van der Waals surface area contributed by atoms with E-state index in [2.05, 4.69) is 15.6 Å². The molecule has 2 bridgehead atoms. The maximum absolute atomic E-state index is 14.5. The predicted octanol–water partition coefficient (Wildman–Crippen LogP) is 3.63. The van der Waals surface area contributed by atoms with Crippen LogP contribution in [0.4, 0.5) is 27.6 Å². The zero-order chi connectivity index (χ0) is 28.3. The van der Waals surface area contributed by atoms with Crippen molar-refractivity contribution in [2.75, 3.05) is 25.5 Å². The number of pyridine rings is 1. The lowest BCUT2D eigenvalue weighted by atomic mass is 9.77. The monoisotopic (exact) mass is 554 g/mol. The van der Waals surface area contributed by atoms with Gasteiger partial charge in [0.15, 0.2) is 17.2 Å². The largest absolute Gasteiger partial charge is 0.493 e. The van der Waals surface area contributed by atoms with Gasteiger partial charge in [0.1, 0.15) is 11.8 Å². The molecule has 0 radical (unpaired) electrons. The number of amides is 2. The number of carbonyl (C=O) groups is 2. The molecule has 4 saturated heterocycles. The van der Waals surface area contributed by atoms with Gasteiger partial charge < -0.3 is 25.0 Å². The smallest absolute Gasteiger partial charge is 0.417 e. The van der Waals surface area contributed by atoms with E-state index in [0.29, 0.717) is 13.1 Å². The molecule has 1 aromatic heterocycles. The second kappa shape index (κ2) is 9.70. The summed E-state index contributed by atoms with van der Waals surface area (Å²) in [6.07, 6.45) is -4.34. The van der Waals surface area contributed by atoms with Crippen molar-refractivity contribution >= 4 is 17.5 Å². The summed E-state index contributed by atoms with van der Waals surface area (Å²) in [6.45, 7) is 3.09. The number of carbonyl (C=O) groups excluding carboxylic acids is 2. The van der Waals surface area contributed by atoms with E-state index in [1.54, 1.807) is 4.90 Å². The summed E-state index contributed by atoms with van der Waals surface area (Å²) in [4.78, 5) is 32.1. The molecule has 4 aliphatic rings. The van der Waals surface area contributed by atoms with Crippen LogP contribution in [0.3, 0.4) is 0 Å². The summed E-state index contributed by atoms with van der Waals surface area (Å²) in [5.41, 5.74) is -2.74. The highest BCUT2D eigenvalue weighted by atomic mass is 19.4. The van der Waals surface area contributed by atoms with Crippen LogP contribution >= 0.6 is 0 Å². The zero-order valence-electron chi connectivity index (χ0n) is 21.3. The number of aromatic nitrogens is 1. The number of halogens is 5. The van der Waals surface area contributed by atoms with Gasteiger partial charge in [0, 0.05) is 54.5 Å². The van der Waals surface area contributed by atoms with E-state index in [0.717, 1.165) is 32.6 Å². The van der Waals surface area contributed by atoms with Crippen LogP contribution in [-0.4, -0.2) is 71.9 Å². The number of alkyl halides is 3. The Morgan fingerprint density at radius 3 is 2.49 bits per heavy atom. The first-order valence-corrected chi connectivity index (χ1v) is 12.4. The number of piperazine rings is 1. The molecule has 2 unspecified atom stereocenters. The Balaban J connectivity index is 1.44. The van der Waals surface area contributed by atoms with E-state index in [9.17, 15) is 31.5 Å². The predicted molar refractivity (Wildman–Crippen MR) is 128 cm³/mol. The Morgan fingerprint density at radius 1 is 1.21 bits per heavy atom. The van der Waals surface area contributed by atoms with Crippen LogP contribution in [0.5, 0.6) is 5.75 Å². The first-order chi connectivity index (χ1) is 18.3. The van der Waals surface area contributed by atoms with E-state index in [1.165, 1.54) is 25.3 Å². The van der Waals surface area contributed by atoms with Gasteiger partial charge in [-0.25, -0.2) is 4.39 Å². The normalized spacial score (nSPS) is 30.1. The standard InChI is InChI=1S/C26H27F5N4O4/c1-12-19(16-4-5-17(27)20(28)21(16)38-3)22(39-25(12,2)26(29,30)31)23(36)34-13-6-7-32-18(9-13)24(37)35-10-14-8-15(11-35)33-14/h4-7,9,12,14-15,19,22,33H,8,10-11H2,1-3H3,(H,32,34,36)/t12-,14?,15?,19-,22+,25+/m0/s1. The van der Waals surface area contributed by atoms with Crippen molar-refractivity contribution in [3.8, 4) is 5.75 Å². The molecule has 2 N–H and O–H groups in total. The summed E-state index contributed by atoms with van der Waals surface area (Å²) in [5.74, 6) is -7.27. The highest BCUT2D eigenvalue weighted by molar-refractivity contribution is 5.98. The summed E-state index contributed by atoms with van der Waals surface area (Å²) in [6, 6.07) is 5.03. The lowest BCUT2D eigenvalue weighted by Gasteiger charge is -2.48. The number of rotatable bonds is 5. The van der Waals surface area contributed by atoms with Crippen molar-refractivity contribution in [1.29, 1.82) is 0 Å².